The van der Waals surface area contributed by atoms with Crippen LogP contribution in [0.15, 0.2) is 0 Å². The Balaban J connectivity index is 1.67. The SMILES string of the molecule is CCC1CCNC(CN(C)CC2CCOCC2)C1. The average molecular weight is 254 g/mol. The number of nitrogens with zero attached hydrogens (tertiary/aromatic N) is 1. The summed E-state index contributed by atoms with van der Waals surface area (Å²) in [6.07, 6.45) is 6.59. The summed E-state index contributed by atoms with van der Waals surface area (Å²) in [5, 5.41) is 3.69. The predicted molar refractivity (Wildman–Crippen MR) is 75.8 cm³/mol. The van der Waals surface area contributed by atoms with Crippen LogP contribution in [0.2, 0.25) is 0 Å². The van der Waals surface area contributed by atoms with Crippen molar-refractivity contribution in [1.82, 2.24) is 10.2 Å². The maximum atomic E-state index is 5.43. The molecule has 0 aromatic heterocycles. The second-order valence-electron chi connectivity index (χ2n) is 6.23. The Morgan fingerprint density at radius 1 is 1.11 bits per heavy atom. The molecular weight excluding hydrogens is 224 g/mol. The van der Waals surface area contributed by atoms with Gasteiger partial charge in [-0.25, -0.2) is 0 Å². The van der Waals surface area contributed by atoms with E-state index >= 15 is 0 Å². The summed E-state index contributed by atoms with van der Waals surface area (Å²) >= 11 is 0. The smallest absolute Gasteiger partial charge is 0.0469 e. The summed E-state index contributed by atoms with van der Waals surface area (Å²) in [5.41, 5.74) is 0. The van der Waals surface area contributed by atoms with Crippen LogP contribution >= 0.6 is 0 Å². The van der Waals surface area contributed by atoms with E-state index in [1.807, 2.05) is 0 Å². The largest absolute Gasteiger partial charge is 0.381 e. The minimum atomic E-state index is 0.716. The monoisotopic (exact) mass is 254 g/mol. The van der Waals surface area contributed by atoms with Gasteiger partial charge in [-0.1, -0.05) is 13.3 Å². The second-order valence-corrected chi connectivity index (χ2v) is 6.23. The van der Waals surface area contributed by atoms with Crippen LogP contribution in [0.4, 0.5) is 0 Å². The summed E-state index contributed by atoms with van der Waals surface area (Å²) in [6, 6.07) is 0.716. The van der Waals surface area contributed by atoms with Crippen molar-refractivity contribution in [1.29, 1.82) is 0 Å². The van der Waals surface area contributed by atoms with Gasteiger partial charge in [-0.2, -0.15) is 0 Å². The number of hydrogen-bond acceptors (Lipinski definition) is 3. The number of likely N-dealkylation sites (N-methyl/N-ethyl adjacent to an activating group) is 1. The molecule has 0 bridgehead atoms. The predicted octanol–water partition coefficient (Wildman–Crippen LogP) is 2.12. The zero-order chi connectivity index (χ0) is 12.8. The van der Waals surface area contributed by atoms with Gasteiger partial charge in [0.15, 0.2) is 0 Å². The molecule has 1 N–H and O–H groups in total. The van der Waals surface area contributed by atoms with E-state index in [0.29, 0.717) is 6.04 Å². The van der Waals surface area contributed by atoms with Crippen molar-refractivity contribution < 1.29 is 4.74 Å². The maximum absolute atomic E-state index is 5.43. The Labute approximate surface area is 112 Å². The molecule has 0 amide bonds. The van der Waals surface area contributed by atoms with Crippen molar-refractivity contribution >= 4 is 0 Å². The van der Waals surface area contributed by atoms with Gasteiger partial charge in [0.05, 0.1) is 0 Å². The summed E-state index contributed by atoms with van der Waals surface area (Å²) in [7, 11) is 2.28. The van der Waals surface area contributed by atoms with E-state index in [-0.39, 0.29) is 0 Å². The lowest BCUT2D eigenvalue weighted by Gasteiger charge is -2.34. The highest BCUT2D eigenvalue weighted by Gasteiger charge is 2.22. The first-order valence-electron chi connectivity index (χ1n) is 7.77. The van der Waals surface area contributed by atoms with Crippen molar-refractivity contribution in [3.63, 3.8) is 0 Å². The van der Waals surface area contributed by atoms with E-state index in [1.165, 1.54) is 51.7 Å². The number of hydrogen-bond donors (Lipinski definition) is 1. The van der Waals surface area contributed by atoms with E-state index < -0.39 is 0 Å². The number of ether oxygens (including phenoxy) is 1. The van der Waals surface area contributed by atoms with E-state index in [1.54, 1.807) is 0 Å². The molecule has 2 unspecified atom stereocenters. The van der Waals surface area contributed by atoms with Crippen LogP contribution in [0.5, 0.6) is 0 Å². The lowest BCUT2D eigenvalue weighted by molar-refractivity contribution is 0.0539. The molecular formula is C15H30N2O. The highest BCUT2D eigenvalue weighted by Crippen LogP contribution is 2.20. The van der Waals surface area contributed by atoms with E-state index in [4.69, 9.17) is 4.74 Å². The van der Waals surface area contributed by atoms with Gasteiger partial charge in [0, 0.05) is 32.3 Å². The van der Waals surface area contributed by atoms with Crippen molar-refractivity contribution in [3.05, 3.63) is 0 Å². The number of nitrogens with one attached hydrogen (secondary N) is 1. The maximum Gasteiger partial charge on any atom is 0.0469 e. The standard InChI is InChI=1S/C15H30N2O/c1-3-13-4-7-16-15(10-13)12-17(2)11-14-5-8-18-9-6-14/h13-16H,3-12H2,1-2H3. The first-order valence-corrected chi connectivity index (χ1v) is 7.77. The average Bonchev–Trinajstić information content (AvgIpc) is 2.40. The quantitative estimate of drug-likeness (QED) is 0.813. The van der Waals surface area contributed by atoms with Crippen LogP contribution in [0.3, 0.4) is 0 Å². The fraction of sp³-hybridized carbons (Fsp3) is 1.00. The third-order valence-electron chi connectivity index (χ3n) is 4.62. The normalized spacial score (nSPS) is 30.8. The molecule has 0 radical (unpaired) electrons. The molecule has 2 fully saturated rings. The molecule has 3 heteroatoms. The fourth-order valence-electron chi connectivity index (χ4n) is 3.43. The Bertz CT molecular complexity index is 229. The molecule has 0 aliphatic carbocycles. The van der Waals surface area contributed by atoms with Crippen LogP contribution in [0, 0.1) is 11.8 Å². The van der Waals surface area contributed by atoms with Crippen molar-refractivity contribution in [3.8, 4) is 0 Å². The number of piperidine rings is 1. The minimum Gasteiger partial charge on any atom is -0.381 e. The molecule has 2 rings (SSSR count). The molecule has 106 valence electrons. The minimum absolute atomic E-state index is 0.716. The first-order chi connectivity index (χ1) is 8.78. The van der Waals surface area contributed by atoms with Crippen LogP contribution in [0.1, 0.15) is 39.0 Å². The van der Waals surface area contributed by atoms with Gasteiger partial charge in [-0.3, -0.25) is 0 Å². The van der Waals surface area contributed by atoms with Gasteiger partial charge < -0.3 is 15.0 Å². The number of rotatable bonds is 5. The van der Waals surface area contributed by atoms with E-state index in [9.17, 15) is 0 Å². The van der Waals surface area contributed by atoms with Gasteiger partial charge in [0.25, 0.3) is 0 Å². The van der Waals surface area contributed by atoms with Crippen LogP contribution in [0.25, 0.3) is 0 Å². The fourth-order valence-corrected chi connectivity index (χ4v) is 3.43. The topological polar surface area (TPSA) is 24.5 Å². The lowest BCUT2D eigenvalue weighted by Crippen LogP contribution is -2.46. The molecule has 2 saturated heterocycles. The highest BCUT2D eigenvalue weighted by molar-refractivity contribution is 4.80. The van der Waals surface area contributed by atoms with Crippen LogP contribution in [-0.4, -0.2) is 50.8 Å². The Morgan fingerprint density at radius 3 is 2.61 bits per heavy atom. The molecule has 2 aliphatic rings. The Morgan fingerprint density at radius 2 is 1.89 bits per heavy atom. The molecule has 18 heavy (non-hydrogen) atoms. The lowest BCUT2D eigenvalue weighted by atomic mass is 9.90. The van der Waals surface area contributed by atoms with Gasteiger partial charge >= 0.3 is 0 Å². The van der Waals surface area contributed by atoms with E-state index in [0.717, 1.165) is 25.0 Å². The third kappa shape index (κ3) is 4.52. The summed E-state index contributed by atoms with van der Waals surface area (Å²) < 4.78 is 5.43. The molecule has 2 aliphatic heterocycles. The van der Waals surface area contributed by atoms with Crippen LogP contribution in [-0.2, 0) is 4.74 Å². The Kier molecular flexibility index (Phi) is 5.93. The first kappa shape index (κ1) is 14.3. The summed E-state index contributed by atoms with van der Waals surface area (Å²) in [4.78, 5) is 2.53. The van der Waals surface area contributed by atoms with Crippen molar-refractivity contribution in [2.75, 3.05) is 39.9 Å². The van der Waals surface area contributed by atoms with Crippen molar-refractivity contribution in [2.45, 2.75) is 45.1 Å². The Hall–Kier alpha value is -0.120. The van der Waals surface area contributed by atoms with Gasteiger partial charge in [-0.15, -0.1) is 0 Å². The zero-order valence-electron chi connectivity index (χ0n) is 12.2. The highest BCUT2D eigenvalue weighted by atomic mass is 16.5. The van der Waals surface area contributed by atoms with Crippen molar-refractivity contribution in [2.24, 2.45) is 11.8 Å². The molecule has 0 spiro atoms. The van der Waals surface area contributed by atoms with Crippen LogP contribution < -0.4 is 5.32 Å². The molecule has 2 heterocycles. The third-order valence-corrected chi connectivity index (χ3v) is 4.62. The summed E-state index contributed by atoms with van der Waals surface area (Å²) in [6.45, 7) is 7.95. The van der Waals surface area contributed by atoms with Gasteiger partial charge in [0.2, 0.25) is 0 Å². The molecule has 0 saturated carbocycles. The molecule has 3 nitrogen and oxygen atoms in total. The van der Waals surface area contributed by atoms with Gasteiger partial charge in [-0.05, 0) is 51.1 Å². The van der Waals surface area contributed by atoms with E-state index in [2.05, 4.69) is 24.2 Å². The summed E-state index contributed by atoms with van der Waals surface area (Å²) in [5.74, 6) is 1.81. The molecule has 0 aromatic rings. The molecule has 2 atom stereocenters. The zero-order valence-corrected chi connectivity index (χ0v) is 12.2. The molecule has 0 aromatic carbocycles. The van der Waals surface area contributed by atoms with Gasteiger partial charge in [0.1, 0.15) is 0 Å². The second kappa shape index (κ2) is 7.46.